The van der Waals surface area contributed by atoms with E-state index in [0.717, 1.165) is 18.9 Å². The fourth-order valence-corrected chi connectivity index (χ4v) is 2.23. The Kier molecular flexibility index (Phi) is 2.16. The molecular formula is C12H15N3. The molecule has 15 heavy (non-hydrogen) atoms. The second-order valence-electron chi connectivity index (χ2n) is 4.26. The van der Waals surface area contributed by atoms with Crippen LogP contribution in [0, 0.1) is 0 Å². The van der Waals surface area contributed by atoms with E-state index in [1.165, 1.54) is 25.7 Å². The molecular weight excluding hydrogens is 186 g/mol. The lowest BCUT2D eigenvalue weighted by molar-refractivity contribution is 0.673. The van der Waals surface area contributed by atoms with Gasteiger partial charge in [-0.3, -0.25) is 4.98 Å². The van der Waals surface area contributed by atoms with Crippen molar-refractivity contribution < 1.29 is 0 Å². The van der Waals surface area contributed by atoms with Crippen molar-refractivity contribution in [1.29, 1.82) is 0 Å². The van der Waals surface area contributed by atoms with Gasteiger partial charge < -0.3 is 4.90 Å². The quantitative estimate of drug-likeness (QED) is 0.652. The standard InChI is InChI=1S/C12H15N3/c1-2-10(1)11-3-7-15(8-4-11)12-9-13-5-6-14-12/h5-6,9H,1-4,7-8H2. The minimum absolute atomic E-state index is 1.03. The Morgan fingerprint density at radius 1 is 0.933 bits per heavy atom. The van der Waals surface area contributed by atoms with Crippen molar-refractivity contribution in [2.24, 2.45) is 0 Å². The van der Waals surface area contributed by atoms with Gasteiger partial charge in [-0.25, -0.2) is 4.98 Å². The Bertz CT molecular complexity index is 367. The zero-order chi connectivity index (χ0) is 10.1. The van der Waals surface area contributed by atoms with Crippen LogP contribution in [0.5, 0.6) is 0 Å². The first-order chi connectivity index (χ1) is 7.43. The van der Waals surface area contributed by atoms with Crippen LogP contribution in [0.4, 0.5) is 5.82 Å². The summed E-state index contributed by atoms with van der Waals surface area (Å²) < 4.78 is 0. The molecule has 3 heteroatoms. The van der Waals surface area contributed by atoms with E-state index >= 15 is 0 Å². The van der Waals surface area contributed by atoms with Crippen molar-refractivity contribution in [3.63, 3.8) is 0 Å². The van der Waals surface area contributed by atoms with Gasteiger partial charge in [-0.05, 0) is 25.7 Å². The summed E-state index contributed by atoms with van der Waals surface area (Å²) in [6, 6.07) is 0. The van der Waals surface area contributed by atoms with Gasteiger partial charge in [-0.15, -0.1) is 0 Å². The molecule has 0 atom stereocenters. The summed E-state index contributed by atoms with van der Waals surface area (Å²) in [7, 11) is 0. The first-order valence-corrected chi connectivity index (χ1v) is 5.64. The van der Waals surface area contributed by atoms with Crippen LogP contribution in [0.1, 0.15) is 25.7 Å². The fourth-order valence-electron chi connectivity index (χ4n) is 2.23. The van der Waals surface area contributed by atoms with Gasteiger partial charge in [-0.2, -0.15) is 0 Å². The number of anilines is 1. The third kappa shape index (κ3) is 1.87. The zero-order valence-electron chi connectivity index (χ0n) is 8.82. The highest BCUT2D eigenvalue weighted by atomic mass is 15.2. The lowest BCUT2D eigenvalue weighted by atomic mass is 10.0. The molecule has 0 aromatic carbocycles. The molecule has 3 nitrogen and oxygen atoms in total. The summed E-state index contributed by atoms with van der Waals surface area (Å²) in [6.07, 6.45) is 10.5. The molecule has 0 amide bonds. The number of allylic oxidation sites excluding steroid dienone is 1. The molecule has 1 aromatic heterocycles. The summed E-state index contributed by atoms with van der Waals surface area (Å²) in [6.45, 7) is 2.22. The van der Waals surface area contributed by atoms with Crippen LogP contribution in [0.3, 0.4) is 0 Å². The molecule has 1 aromatic rings. The SMILES string of the molecule is c1cnc(N2CCC(=C3CC3)CC2)cn1. The topological polar surface area (TPSA) is 29.0 Å². The molecule has 78 valence electrons. The molecule has 0 bridgehead atoms. The van der Waals surface area contributed by atoms with Gasteiger partial charge in [0.05, 0.1) is 6.20 Å². The minimum atomic E-state index is 1.03. The van der Waals surface area contributed by atoms with Gasteiger partial charge in [0.25, 0.3) is 0 Å². The molecule has 0 unspecified atom stereocenters. The molecule has 1 saturated heterocycles. The number of piperidine rings is 1. The Balaban J connectivity index is 1.69. The zero-order valence-corrected chi connectivity index (χ0v) is 8.82. The van der Waals surface area contributed by atoms with Crippen LogP contribution >= 0.6 is 0 Å². The summed E-state index contributed by atoms with van der Waals surface area (Å²) in [5.41, 5.74) is 3.45. The second-order valence-corrected chi connectivity index (χ2v) is 4.26. The first kappa shape index (κ1) is 8.89. The van der Waals surface area contributed by atoms with Gasteiger partial charge in [0.2, 0.25) is 0 Å². The van der Waals surface area contributed by atoms with E-state index in [1.807, 2.05) is 6.20 Å². The smallest absolute Gasteiger partial charge is 0.147 e. The first-order valence-electron chi connectivity index (χ1n) is 5.64. The van der Waals surface area contributed by atoms with Crippen molar-refractivity contribution in [2.45, 2.75) is 25.7 Å². The maximum Gasteiger partial charge on any atom is 0.147 e. The third-order valence-corrected chi connectivity index (χ3v) is 3.24. The summed E-state index contributed by atoms with van der Waals surface area (Å²) >= 11 is 0. The third-order valence-electron chi connectivity index (χ3n) is 3.24. The monoisotopic (exact) mass is 201 g/mol. The normalized spacial score (nSPS) is 20.7. The average molecular weight is 201 g/mol. The lowest BCUT2D eigenvalue weighted by Crippen LogP contribution is -2.31. The van der Waals surface area contributed by atoms with Crippen LogP contribution < -0.4 is 4.90 Å². The van der Waals surface area contributed by atoms with E-state index in [2.05, 4.69) is 14.9 Å². The van der Waals surface area contributed by atoms with Crippen LogP contribution in [-0.4, -0.2) is 23.1 Å². The Morgan fingerprint density at radius 2 is 1.67 bits per heavy atom. The Labute approximate surface area is 89.8 Å². The molecule has 0 radical (unpaired) electrons. The fraction of sp³-hybridized carbons (Fsp3) is 0.500. The highest BCUT2D eigenvalue weighted by Gasteiger charge is 2.22. The Morgan fingerprint density at radius 3 is 2.27 bits per heavy atom. The van der Waals surface area contributed by atoms with Gasteiger partial charge in [0, 0.05) is 25.5 Å². The van der Waals surface area contributed by atoms with E-state index in [-0.39, 0.29) is 0 Å². The van der Waals surface area contributed by atoms with Crippen molar-refractivity contribution in [3.05, 3.63) is 29.7 Å². The maximum absolute atomic E-state index is 4.34. The molecule has 2 aliphatic rings. The van der Waals surface area contributed by atoms with Gasteiger partial charge in [-0.1, -0.05) is 11.1 Å². The van der Waals surface area contributed by atoms with Crippen molar-refractivity contribution in [3.8, 4) is 0 Å². The van der Waals surface area contributed by atoms with E-state index in [4.69, 9.17) is 0 Å². The van der Waals surface area contributed by atoms with Crippen LogP contribution in [0.2, 0.25) is 0 Å². The summed E-state index contributed by atoms with van der Waals surface area (Å²) in [4.78, 5) is 10.8. The summed E-state index contributed by atoms with van der Waals surface area (Å²) in [5, 5.41) is 0. The van der Waals surface area contributed by atoms with Crippen LogP contribution in [0.15, 0.2) is 29.7 Å². The Hall–Kier alpha value is -1.38. The van der Waals surface area contributed by atoms with Crippen LogP contribution in [-0.2, 0) is 0 Å². The highest BCUT2D eigenvalue weighted by Crippen LogP contribution is 2.36. The van der Waals surface area contributed by atoms with E-state index in [1.54, 1.807) is 23.5 Å². The van der Waals surface area contributed by atoms with Crippen molar-refractivity contribution in [2.75, 3.05) is 18.0 Å². The molecule has 0 spiro atoms. The molecule has 2 heterocycles. The van der Waals surface area contributed by atoms with Gasteiger partial charge in [0.1, 0.15) is 5.82 Å². The molecule has 2 fully saturated rings. The van der Waals surface area contributed by atoms with E-state index in [0.29, 0.717) is 0 Å². The predicted molar refractivity (Wildman–Crippen MR) is 59.7 cm³/mol. The molecule has 0 N–H and O–H groups in total. The molecule has 3 rings (SSSR count). The van der Waals surface area contributed by atoms with Crippen molar-refractivity contribution in [1.82, 2.24) is 9.97 Å². The highest BCUT2D eigenvalue weighted by molar-refractivity contribution is 5.38. The van der Waals surface area contributed by atoms with Crippen LogP contribution in [0.25, 0.3) is 0 Å². The van der Waals surface area contributed by atoms with Gasteiger partial charge >= 0.3 is 0 Å². The minimum Gasteiger partial charge on any atom is -0.355 e. The average Bonchev–Trinajstić information content (AvgIpc) is 3.15. The van der Waals surface area contributed by atoms with Gasteiger partial charge in [0.15, 0.2) is 0 Å². The van der Waals surface area contributed by atoms with E-state index in [9.17, 15) is 0 Å². The number of hydrogen-bond donors (Lipinski definition) is 0. The summed E-state index contributed by atoms with van der Waals surface area (Å²) in [5.74, 6) is 1.03. The van der Waals surface area contributed by atoms with Crippen molar-refractivity contribution >= 4 is 5.82 Å². The largest absolute Gasteiger partial charge is 0.355 e. The van der Waals surface area contributed by atoms with E-state index < -0.39 is 0 Å². The number of hydrogen-bond acceptors (Lipinski definition) is 3. The molecule has 1 aliphatic carbocycles. The molecule has 1 aliphatic heterocycles. The number of nitrogens with zero attached hydrogens (tertiary/aromatic N) is 3. The number of aromatic nitrogens is 2. The predicted octanol–water partition coefficient (Wildman–Crippen LogP) is 2.17. The lowest BCUT2D eigenvalue weighted by Gasteiger charge is -2.29. The maximum atomic E-state index is 4.34. The second kappa shape index (κ2) is 3.65. The molecule has 1 saturated carbocycles. The number of rotatable bonds is 1.